The number of aromatic amines is 2. The number of aromatic hydroxyl groups is 1. The number of benzene rings is 3. The highest BCUT2D eigenvalue weighted by atomic mass is 32.2. The zero-order valence-electron chi connectivity index (χ0n) is 87.3. The average Bonchev–Trinajstić information content (AvgIpc) is 1.74. The van der Waals surface area contributed by atoms with Crippen molar-refractivity contribution in [3.05, 3.63) is 102 Å². The summed E-state index contributed by atoms with van der Waals surface area (Å²) < 4.78 is 0. The molecule has 0 aliphatic heterocycles. The summed E-state index contributed by atoms with van der Waals surface area (Å²) in [5.74, 6) is -21.7. The van der Waals surface area contributed by atoms with Gasteiger partial charge >= 0.3 is 5.97 Å². The van der Waals surface area contributed by atoms with Gasteiger partial charge in [0.15, 0.2) is 5.96 Å². The molecule has 2 heterocycles. The molecule has 47 nitrogen and oxygen atoms in total. The standard InChI is InChI=1S/C100H156N24O23S2/c1-16-52(9)78(94(141)111-68(99(146)147)31-24-25-38-101)122-96(143)80(54(11)18-3)120-86(133)67(32-26-39-105-100(103)104)110-87(134)69(41-58-33-35-61(128)36-34-58)113-95(142)79(53(10)17-2)123-97(144)81(55(12)19-4)121-89(136)71(43-60-45-107-66-30-23-21-28-63(60)66)114-92(139)76(50(5)6)118-75(129)46-108-85(132)74(49-148)117-88(135)70(42-59-44-106-65-29-22-20-27-62(59)65)112-83(130)56(13)109-90(137)72(47-125)116-98(145)82(57(14)127)124-93(140)77(51(7)8)119-91(138)73(48-126)115-84(131)64(102)37-40-149-15/h20-23,27-30,33-36,44-45,50-57,64,67-74,76-82,106-107,125-128,148H,16-19,24-26,31-32,37-43,46-49,101-102H2,1-15H3,(H,108,132)(H,109,137)(H,110,134)(H,111,141)(H,112,130)(H,113,142)(H,114,139)(H,115,131)(H,116,145)(H,117,135)(H,118,129)(H,119,138)(H,120,133)(H,121,136)(H,122,143)(H,123,144)(H,124,140)(H,146,147)(H4,103,104,105)/t52-,53-,54-,55-,56-,57+,64-,67-,68-,69-,70-,71-,72-,73-,74-,76-,77-,78-,79-,80-,81-,82-/m0/s1. The number of carboxylic acids is 1. The molecule has 32 N–H and O–H groups in total. The number of thioether (sulfide) groups is 1. The zero-order valence-corrected chi connectivity index (χ0v) is 89.0. The van der Waals surface area contributed by atoms with Gasteiger partial charge in [0.2, 0.25) is 100 Å². The lowest BCUT2D eigenvalue weighted by Crippen LogP contribution is -2.63. The van der Waals surface area contributed by atoms with E-state index in [2.05, 4.69) is 118 Å². The molecule has 0 spiro atoms. The molecule has 49 heteroatoms. The van der Waals surface area contributed by atoms with Gasteiger partial charge in [-0.1, -0.05) is 157 Å². The number of carboxylic acid groups (broad SMARTS) is 1. The quantitative estimate of drug-likeness (QED) is 0.00837. The number of thiol groups is 1. The molecule has 5 rings (SSSR count). The maximum atomic E-state index is 15.3. The number of aliphatic hydroxyl groups is 3. The minimum Gasteiger partial charge on any atom is -0.508 e. The van der Waals surface area contributed by atoms with Crippen LogP contribution >= 0.6 is 24.4 Å². The number of rotatable bonds is 66. The monoisotopic (exact) mass is 2130 g/mol. The second-order valence-corrected chi connectivity index (χ2v) is 39.6. The van der Waals surface area contributed by atoms with Crippen LogP contribution in [0.4, 0.5) is 0 Å². The first-order valence-electron chi connectivity index (χ1n) is 50.3. The summed E-state index contributed by atoms with van der Waals surface area (Å²) in [6.07, 6.45) is 4.87. The van der Waals surface area contributed by atoms with Gasteiger partial charge in [0.25, 0.3) is 0 Å². The molecular weight excluding hydrogens is 1970 g/mol. The molecule has 149 heavy (non-hydrogen) atoms. The Kier molecular flexibility index (Phi) is 53.9. The van der Waals surface area contributed by atoms with Crippen LogP contribution < -0.4 is 113 Å². The summed E-state index contributed by atoms with van der Waals surface area (Å²) in [6.45, 7) is 19.8. The minimum absolute atomic E-state index is 0.0314. The molecule has 0 saturated carbocycles. The smallest absolute Gasteiger partial charge is 0.326 e. The summed E-state index contributed by atoms with van der Waals surface area (Å²) in [7, 11) is 0. The number of nitrogens with two attached hydrogens (primary N) is 3. The maximum Gasteiger partial charge on any atom is 0.326 e. The number of hydrogen-bond donors (Lipinski definition) is 30. The van der Waals surface area contributed by atoms with Crippen LogP contribution in [0.5, 0.6) is 5.75 Å². The predicted octanol–water partition coefficient (Wildman–Crippen LogP) is -2.38. The summed E-state index contributed by atoms with van der Waals surface area (Å²) in [5, 5.41) is 107. The van der Waals surface area contributed by atoms with Crippen LogP contribution in [0, 0.1) is 40.9 Å². The van der Waals surface area contributed by atoms with E-state index >= 15 is 19.2 Å². The first-order valence-corrected chi connectivity index (χ1v) is 52.4. The van der Waals surface area contributed by atoms with E-state index in [1.807, 2.05) is 0 Å². The molecule has 0 bridgehead atoms. The SMILES string of the molecule is CC[C@H](C)[C@H](NC(=O)[C@H](CCCNC(=N)N)NC(=O)[C@H](Cc1ccc(O)cc1)NC(=O)[C@@H](NC(=O)[C@@H](NC(=O)[C@H](Cc1c[nH]c2ccccc12)NC(=O)[C@@H](NC(=O)CNC(=O)[C@H](CS)NC(=O)[C@H](Cc1c[nH]c2ccccc12)NC(=O)[C@H](C)NC(=O)[C@H](CO)NC(=O)[C@@H](NC(=O)[C@@H](NC(=O)[C@H](CO)NC(=O)[C@@H](N)CCSC)C(C)C)[C@@H](C)O)C(C)C)[C@@H](C)CC)[C@@H](C)CC)C(=O)N[C@H](C(=O)N[C@@H](CCCCN)C(=O)O)[C@@H](C)CC. The van der Waals surface area contributed by atoms with E-state index in [-0.39, 0.29) is 70.1 Å². The number of aliphatic hydroxyl groups excluding tert-OH is 3. The third-order valence-electron chi connectivity index (χ3n) is 26.0. The summed E-state index contributed by atoms with van der Waals surface area (Å²) in [4.78, 5) is 263. The highest BCUT2D eigenvalue weighted by Crippen LogP contribution is 2.25. The predicted molar refractivity (Wildman–Crippen MR) is 563 cm³/mol. The highest BCUT2D eigenvalue weighted by Gasteiger charge is 2.43. The second kappa shape index (κ2) is 63.6. The Balaban J connectivity index is 1.36. The van der Waals surface area contributed by atoms with Gasteiger partial charge in [0, 0.05) is 65.8 Å². The Bertz CT molecular complexity index is 5320. The van der Waals surface area contributed by atoms with Crippen molar-refractivity contribution >= 4 is 159 Å². The fourth-order valence-corrected chi connectivity index (χ4v) is 16.6. The summed E-state index contributed by atoms with van der Waals surface area (Å²) >= 11 is 5.77. The van der Waals surface area contributed by atoms with Crippen LogP contribution in [0.3, 0.4) is 0 Å². The fourth-order valence-electron chi connectivity index (χ4n) is 15.9. The van der Waals surface area contributed by atoms with Crippen LogP contribution in [0.1, 0.15) is 178 Å². The van der Waals surface area contributed by atoms with Crippen LogP contribution in [-0.4, -0.2) is 307 Å². The van der Waals surface area contributed by atoms with Crippen LogP contribution in [-0.2, 0) is 106 Å². The van der Waals surface area contributed by atoms with Crippen LogP contribution in [0.2, 0.25) is 0 Å². The van der Waals surface area contributed by atoms with Crippen LogP contribution in [0.15, 0.2) is 85.2 Å². The van der Waals surface area contributed by atoms with Gasteiger partial charge in [-0.3, -0.25) is 86.9 Å². The van der Waals surface area contributed by atoms with E-state index in [0.717, 1.165) is 6.92 Å². The second-order valence-electron chi connectivity index (χ2n) is 38.2. The number of amides is 17. The highest BCUT2D eigenvalue weighted by molar-refractivity contribution is 7.98. The maximum absolute atomic E-state index is 15.3. The van der Waals surface area contributed by atoms with Crippen molar-refractivity contribution in [1.82, 2.24) is 106 Å². The van der Waals surface area contributed by atoms with Gasteiger partial charge in [0.1, 0.15) is 102 Å². The van der Waals surface area contributed by atoms with Crippen molar-refractivity contribution in [1.29, 1.82) is 5.41 Å². The molecule has 0 radical (unpaired) electrons. The molecule has 0 fully saturated rings. The number of carbonyl (C=O) groups is 18. The third-order valence-corrected chi connectivity index (χ3v) is 27.0. The van der Waals surface area contributed by atoms with Crippen LogP contribution in [0.25, 0.3) is 21.8 Å². The summed E-state index contributed by atoms with van der Waals surface area (Å²) in [5.41, 5.74) is 19.9. The normalized spacial score (nSPS) is 15.8. The number of unbranched alkanes of at least 4 members (excludes halogenated alkanes) is 1. The molecule has 22 atom stereocenters. The molecule has 17 amide bonds. The molecular formula is C100H156N24O23S2. The Labute approximate surface area is 877 Å². The molecule has 0 saturated heterocycles. The van der Waals surface area contributed by atoms with Crippen molar-refractivity contribution in [3.8, 4) is 5.75 Å². The largest absolute Gasteiger partial charge is 0.508 e. The number of nitrogens with one attached hydrogen (secondary N) is 21. The van der Waals surface area contributed by atoms with Gasteiger partial charge in [-0.25, -0.2) is 4.79 Å². The van der Waals surface area contributed by atoms with Crippen molar-refractivity contribution in [2.75, 3.05) is 50.6 Å². The molecule has 0 aliphatic rings. The fraction of sp³-hybridized carbons (Fsp3) is 0.590. The third kappa shape index (κ3) is 40.0. The van der Waals surface area contributed by atoms with E-state index in [4.69, 9.17) is 22.6 Å². The van der Waals surface area contributed by atoms with E-state index in [1.54, 1.807) is 136 Å². The lowest BCUT2D eigenvalue weighted by molar-refractivity contribution is -0.143. The minimum atomic E-state index is -1.86. The first kappa shape index (κ1) is 126. The van der Waals surface area contributed by atoms with Crippen molar-refractivity contribution < 1.29 is 112 Å². The number of phenolic OH excluding ortho intramolecular Hbond substituents is 1. The molecule has 3 aromatic carbocycles. The van der Waals surface area contributed by atoms with E-state index < -0.39 is 282 Å². The van der Waals surface area contributed by atoms with E-state index in [1.165, 1.54) is 56.8 Å². The van der Waals surface area contributed by atoms with Gasteiger partial charge in [-0.05, 0) is 147 Å². The topological polar surface area (TPSA) is 758 Å². The van der Waals surface area contributed by atoms with Crippen molar-refractivity contribution in [3.63, 3.8) is 0 Å². The number of para-hydroxylation sites is 2. The van der Waals surface area contributed by atoms with E-state index in [0.29, 0.717) is 76.5 Å². The Morgan fingerprint density at radius 1 is 0.403 bits per heavy atom. The van der Waals surface area contributed by atoms with Gasteiger partial charge < -0.3 is 148 Å². The van der Waals surface area contributed by atoms with Crippen molar-refractivity contribution in [2.24, 2.45) is 52.7 Å². The number of fused-ring (bicyclic) bond motifs is 2. The first-order chi connectivity index (χ1) is 70.5. The van der Waals surface area contributed by atoms with Gasteiger partial charge in [-0.2, -0.15) is 24.4 Å². The number of aromatic nitrogens is 2. The van der Waals surface area contributed by atoms with Gasteiger partial charge in [0.05, 0.1) is 31.9 Å². The molecule has 0 unspecified atom stereocenters. The number of H-pyrrole nitrogens is 2. The molecule has 826 valence electrons. The summed E-state index contributed by atoms with van der Waals surface area (Å²) in [6, 6.07) is -5.53. The average molecular weight is 2130 g/mol. The Morgan fingerprint density at radius 3 is 1.21 bits per heavy atom. The van der Waals surface area contributed by atoms with Crippen molar-refractivity contribution in [2.45, 2.75) is 289 Å². The number of carbonyl (C=O) groups excluding carboxylic acids is 17. The number of phenols is 1. The number of hydrogen-bond acceptors (Lipinski definition) is 27. The number of guanidine groups is 1. The van der Waals surface area contributed by atoms with E-state index in [9.17, 15) is 92.7 Å². The lowest BCUT2D eigenvalue weighted by Gasteiger charge is -2.32. The number of aliphatic carboxylic acids is 1. The Morgan fingerprint density at radius 2 is 0.765 bits per heavy atom. The zero-order chi connectivity index (χ0) is 111. The lowest BCUT2D eigenvalue weighted by atomic mass is 9.93. The Hall–Kier alpha value is -13.2. The molecule has 5 aromatic rings. The molecule has 2 aromatic heterocycles. The van der Waals surface area contributed by atoms with Gasteiger partial charge in [-0.15, -0.1) is 0 Å². The molecule has 0 aliphatic carbocycles.